The Bertz CT molecular complexity index is 1400. The molecule has 1 saturated carbocycles. The van der Waals surface area contributed by atoms with E-state index >= 15 is 0 Å². The molecule has 0 unspecified atom stereocenters. The van der Waals surface area contributed by atoms with Gasteiger partial charge in [-0.3, -0.25) is 19.3 Å². The summed E-state index contributed by atoms with van der Waals surface area (Å²) >= 11 is 0. The van der Waals surface area contributed by atoms with Crippen molar-refractivity contribution in [2.24, 2.45) is 5.41 Å². The molecule has 2 aromatic carbocycles. The van der Waals surface area contributed by atoms with Crippen LogP contribution in [0.2, 0.25) is 0 Å². The van der Waals surface area contributed by atoms with E-state index in [2.05, 4.69) is 25.5 Å². The fourth-order valence-electron chi connectivity index (χ4n) is 5.19. The molecule has 1 aromatic heterocycles. The predicted octanol–water partition coefficient (Wildman–Crippen LogP) is 2.76. The molecular weight excluding hydrogens is 546 g/mol. The number of ether oxygens (including phenoxy) is 2. The largest absolute Gasteiger partial charge is 0.497 e. The molecule has 0 bridgehead atoms. The Kier molecular flexibility index (Phi) is 9.79. The van der Waals surface area contributed by atoms with Gasteiger partial charge in [-0.15, -0.1) is 0 Å². The molecule has 2 N–H and O–H groups in total. The van der Waals surface area contributed by atoms with Gasteiger partial charge in [0.05, 0.1) is 32.9 Å². The van der Waals surface area contributed by atoms with E-state index in [1.807, 2.05) is 61.5 Å². The summed E-state index contributed by atoms with van der Waals surface area (Å²) in [6.07, 6.45) is 3.76. The lowest BCUT2D eigenvalue weighted by Gasteiger charge is -2.26. The van der Waals surface area contributed by atoms with Crippen molar-refractivity contribution in [3.05, 3.63) is 89.5 Å². The van der Waals surface area contributed by atoms with E-state index in [9.17, 15) is 14.4 Å². The van der Waals surface area contributed by atoms with Gasteiger partial charge in [0.2, 0.25) is 5.91 Å². The molecule has 10 heteroatoms. The molecule has 1 saturated heterocycles. The number of hydrogen-bond donors (Lipinski definition) is 2. The molecule has 2 atom stereocenters. The van der Waals surface area contributed by atoms with Crippen LogP contribution in [0.15, 0.2) is 66.9 Å². The second-order valence-electron chi connectivity index (χ2n) is 11.5. The zero-order valence-corrected chi connectivity index (χ0v) is 24.8. The van der Waals surface area contributed by atoms with Crippen molar-refractivity contribution in [1.82, 2.24) is 25.5 Å². The molecule has 5 rings (SSSR count). The number of nitrogens with zero attached hydrogens (tertiary/aromatic N) is 3. The van der Waals surface area contributed by atoms with Gasteiger partial charge in [0.1, 0.15) is 23.3 Å². The van der Waals surface area contributed by atoms with Gasteiger partial charge in [-0.1, -0.05) is 49.4 Å². The molecule has 0 spiro atoms. The van der Waals surface area contributed by atoms with Gasteiger partial charge >= 0.3 is 0 Å². The third-order valence-electron chi connectivity index (χ3n) is 8.14. The molecular formula is C33H39N5O5. The van der Waals surface area contributed by atoms with Crippen LogP contribution in [0, 0.1) is 5.41 Å². The first-order valence-corrected chi connectivity index (χ1v) is 14.8. The summed E-state index contributed by atoms with van der Waals surface area (Å²) in [4.78, 5) is 51.9. The molecule has 2 amide bonds. The molecule has 3 aromatic rings. The zero-order chi connectivity index (χ0) is 30.2. The number of ketones is 1. The minimum Gasteiger partial charge on any atom is -0.497 e. The second kappa shape index (κ2) is 13.9. The number of Topliss-reactive ketones (excluding diaryl/α,β-unsaturated/α-hetero) is 1. The van der Waals surface area contributed by atoms with Crippen LogP contribution >= 0.6 is 0 Å². The van der Waals surface area contributed by atoms with E-state index in [0.29, 0.717) is 37.8 Å². The van der Waals surface area contributed by atoms with Crippen molar-refractivity contribution < 1.29 is 23.9 Å². The van der Waals surface area contributed by atoms with Crippen molar-refractivity contribution in [2.45, 2.75) is 51.2 Å². The van der Waals surface area contributed by atoms with E-state index in [1.54, 1.807) is 13.3 Å². The predicted molar refractivity (Wildman–Crippen MR) is 161 cm³/mol. The maximum Gasteiger partial charge on any atom is 0.270 e. The Labute approximate surface area is 252 Å². The van der Waals surface area contributed by atoms with Gasteiger partial charge in [0.15, 0.2) is 5.78 Å². The Balaban J connectivity index is 1.34. The second-order valence-corrected chi connectivity index (χ2v) is 11.5. The maximum absolute atomic E-state index is 13.9. The highest BCUT2D eigenvalue weighted by molar-refractivity contribution is 5.99. The summed E-state index contributed by atoms with van der Waals surface area (Å²) in [5.41, 5.74) is 1.53. The van der Waals surface area contributed by atoms with Crippen molar-refractivity contribution in [3.8, 4) is 5.75 Å². The van der Waals surface area contributed by atoms with Crippen LogP contribution in [0.3, 0.4) is 0 Å². The Morgan fingerprint density at radius 2 is 1.60 bits per heavy atom. The maximum atomic E-state index is 13.9. The summed E-state index contributed by atoms with van der Waals surface area (Å²) in [6.45, 7) is 5.28. The van der Waals surface area contributed by atoms with Gasteiger partial charge < -0.3 is 20.1 Å². The fourth-order valence-corrected chi connectivity index (χ4v) is 5.19. The number of rotatable bonds is 13. The van der Waals surface area contributed by atoms with Crippen LogP contribution in [0.5, 0.6) is 5.75 Å². The highest BCUT2D eigenvalue weighted by Gasteiger charge is 2.48. The van der Waals surface area contributed by atoms with Crippen molar-refractivity contribution in [3.63, 3.8) is 0 Å². The number of morpholine rings is 1. The third kappa shape index (κ3) is 8.24. The lowest BCUT2D eigenvalue weighted by molar-refractivity contribution is -0.131. The lowest BCUT2D eigenvalue weighted by Crippen LogP contribution is -2.54. The summed E-state index contributed by atoms with van der Waals surface area (Å²) in [7, 11) is 1.59. The smallest absolute Gasteiger partial charge is 0.270 e. The van der Waals surface area contributed by atoms with Crippen LogP contribution in [-0.4, -0.2) is 78.0 Å². The van der Waals surface area contributed by atoms with Crippen LogP contribution in [0.25, 0.3) is 0 Å². The molecule has 0 radical (unpaired) electrons. The SMILES string of the molecule is COc1ccc(C[C@H](NC(=O)c2ccnc(CN3CCOCC3)n2)C(=O)N[C@@H](Cc2ccccc2)C(=O)C2(C)CC2)cc1. The zero-order valence-electron chi connectivity index (χ0n) is 24.8. The number of benzene rings is 2. The Morgan fingerprint density at radius 3 is 2.28 bits per heavy atom. The topological polar surface area (TPSA) is 123 Å². The third-order valence-corrected chi connectivity index (χ3v) is 8.14. The van der Waals surface area contributed by atoms with E-state index in [4.69, 9.17) is 9.47 Å². The first-order valence-electron chi connectivity index (χ1n) is 14.8. The molecule has 1 aliphatic heterocycles. The van der Waals surface area contributed by atoms with E-state index in [0.717, 1.165) is 37.1 Å². The van der Waals surface area contributed by atoms with Crippen molar-refractivity contribution >= 4 is 17.6 Å². The molecule has 2 fully saturated rings. The van der Waals surface area contributed by atoms with Crippen molar-refractivity contribution in [2.75, 3.05) is 33.4 Å². The molecule has 2 aliphatic rings. The quantitative estimate of drug-likeness (QED) is 0.314. The summed E-state index contributed by atoms with van der Waals surface area (Å²) in [5.74, 6) is 0.318. The standard InChI is InChI=1S/C33H39N5O5/c1-33(13-14-33)30(39)27(20-23-6-4-3-5-7-23)36-32(41)28(21-24-8-10-25(42-2)11-9-24)37-31(40)26-12-15-34-29(35-26)22-38-16-18-43-19-17-38/h3-12,15,27-28H,13-14,16-22H2,1-2H3,(H,36,41)(H,37,40)/t27-,28-/m0/s1. The fraction of sp³-hybridized carbons (Fsp3) is 0.424. The minimum atomic E-state index is -0.948. The molecule has 226 valence electrons. The molecule has 2 heterocycles. The number of carbonyl (C=O) groups is 3. The van der Waals surface area contributed by atoms with Gasteiger partial charge in [-0.05, 0) is 48.6 Å². The summed E-state index contributed by atoms with van der Waals surface area (Å²) in [6, 6.07) is 16.9. The number of amides is 2. The highest BCUT2D eigenvalue weighted by atomic mass is 16.5. The van der Waals surface area contributed by atoms with Crippen LogP contribution in [0.1, 0.15) is 47.2 Å². The average molecular weight is 586 g/mol. The molecule has 1 aliphatic carbocycles. The van der Waals surface area contributed by atoms with Crippen molar-refractivity contribution in [1.29, 1.82) is 0 Å². The summed E-state index contributed by atoms with van der Waals surface area (Å²) in [5, 5.41) is 5.88. The van der Waals surface area contributed by atoms with Gasteiger partial charge in [0, 0.05) is 31.1 Å². The number of hydrogen-bond acceptors (Lipinski definition) is 8. The van der Waals surface area contributed by atoms with Gasteiger partial charge in [0.25, 0.3) is 5.91 Å². The Morgan fingerprint density at radius 1 is 0.930 bits per heavy atom. The number of aromatic nitrogens is 2. The van der Waals surface area contributed by atoms with Crippen LogP contribution in [-0.2, 0) is 33.7 Å². The number of methoxy groups -OCH3 is 1. The first-order chi connectivity index (χ1) is 20.8. The molecule has 43 heavy (non-hydrogen) atoms. The number of carbonyl (C=O) groups excluding carboxylic acids is 3. The van der Waals surface area contributed by atoms with Gasteiger partial charge in [-0.2, -0.15) is 0 Å². The monoisotopic (exact) mass is 585 g/mol. The van der Waals surface area contributed by atoms with Gasteiger partial charge in [-0.25, -0.2) is 9.97 Å². The van der Waals surface area contributed by atoms with E-state index in [-0.39, 0.29) is 17.9 Å². The van der Waals surface area contributed by atoms with E-state index < -0.39 is 29.3 Å². The minimum absolute atomic E-state index is 0.0165. The lowest BCUT2D eigenvalue weighted by atomic mass is 9.92. The highest BCUT2D eigenvalue weighted by Crippen LogP contribution is 2.46. The first kappa shape index (κ1) is 30.3. The summed E-state index contributed by atoms with van der Waals surface area (Å²) < 4.78 is 10.7. The normalized spacial score (nSPS) is 17.3. The van der Waals surface area contributed by atoms with E-state index in [1.165, 1.54) is 6.07 Å². The molecule has 10 nitrogen and oxygen atoms in total. The Hall–Kier alpha value is -4.15. The van der Waals surface area contributed by atoms with Crippen LogP contribution < -0.4 is 15.4 Å². The number of nitrogens with one attached hydrogen (secondary N) is 2. The van der Waals surface area contributed by atoms with Crippen LogP contribution in [0.4, 0.5) is 0 Å². The average Bonchev–Trinajstić information content (AvgIpc) is 3.79.